The van der Waals surface area contributed by atoms with Crippen LogP contribution in [0.5, 0.6) is 0 Å². The first-order chi connectivity index (χ1) is 11.9. The van der Waals surface area contributed by atoms with E-state index in [-0.39, 0.29) is 12.3 Å². The number of hydrogen-bond donors (Lipinski definition) is 2. The molecule has 0 saturated heterocycles. The van der Waals surface area contributed by atoms with Gasteiger partial charge in [0.25, 0.3) is 5.91 Å². The van der Waals surface area contributed by atoms with Crippen LogP contribution >= 0.6 is 11.6 Å². The second-order valence-corrected chi connectivity index (χ2v) is 6.08. The third-order valence-electron chi connectivity index (χ3n) is 3.71. The van der Waals surface area contributed by atoms with Crippen molar-refractivity contribution in [3.05, 3.63) is 58.6 Å². The average molecular weight is 359 g/mol. The number of hydrogen-bond acceptors (Lipinski definition) is 4. The summed E-state index contributed by atoms with van der Waals surface area (Å²) in [4.78, 5) is 35.4. The van der Waals surface area contributed by atoms with E-state index in [4.69, 9.17) is 16.3 Å². The van der Waals surface area contributed by atoms with E-state index in [1.807, 2.05) is 0 Å². The highest BCUT2D eigenvalue weighted by Crippen LogP contribution is 2.25. The minimum atomic E-state index is -0.906. The summed E-state index contributed by atoms with van der Waals surface area (Å²) in [7, 11) is 0. The molecule has 2 N–H and O–H groups in total. The van der Waals surface area contributed by atoms with Crippen LogP contribution in [0.4, 0.5) is 11.4 Å². The highest BCUT2D eigenvalue weighted by Gasteiger charge is 2.31. The van der Waals surface area contributed by atoms with E-state index in [1.54, 1.807) is 36.4 Å². The van der Waals surface area contributed by atoms with Crippen molar-refractivity contribution >= 4 is 40.8 Å². The fourth-order valence-corrected chi connectivity index (χ4v) is 2.73. The number of halogens is 1. The predicted molar refractivity (Wildman–Crippen MR) is 93.7 cm³/mol. The van der Waals surface area contributed by atoms with Gasteiger partial charge in [0, 0.05) is 29.7 Å². The van der Waals surface area contributed by atoms with E-state index in [9.17, 15) is 14.4 Å². The molecule has 0 radical (unpaired) electrons. The summed E-state index contributed by atoms with van der Waals surface area (Å²) in [5.41, 5.74) is 2.27. The standard InChI is InChI=1S/C18H15ClN2O4/c1-10(22)20-13-4-6-14(7-5-13)21-17(23)16-8-11-2-3-12(19)9-15(11)18(24)25-16/h2-7,9,16H,8H2,1H3,(H,20,22)(H,21,23)/t16-/m0/s1. The van der Waals surface area contributed by atoms with Crippen molar-refractivity contribution in [1.82, 2.24) is 0 Å². The van der Waals surface area contributed by atoms with Gasteiger partial charge in [0.1, 0.15) is 0 Å². The third kappa shape index (κ3) is 3.97. The normalized spacial score (nSPS) is 15.8. The maximum atomic E-state index is 12.4. The second-order valence-electron chi connectivity index (χ2n) is 5.65. The van der Waals surface area contributed by atoms with Crippen LogP contribution in [0, 0.1) is 0 Å². The van der Waals surface area contributed by atoms with Gasteiger partial charge in [-0.15, -0.1) is 0 Å². The Morgan fingerprint density at radius 1 is 1.08 bits per heavy atom. The molecule has 1 atom stereocenters. The number of ether oxygens (including phenoxy) is 1. The number of carbonyl (C=O) groups is 3. The highest BCUT2D eigenvalue weighted by molar-refractivity contribution is 6.31. The van der Waals surface area contributed by atoms with Crippen LogP contribution in [0.1, 0.15) is 22.8 Å². The van der Waals surface area contributed by atoms with Gasteiger partial charge in [-0.25, -0.2) is 4.79 Å². The molecule has 0 aliphatic carbocycles. The van der Waals surface area contributed by atoms with Gasteiger partial charge < -0.3 is 15.4 Å². The summed E-state index contributed by atoms with van der Waals surface area (Å²) in [6, 6.07) is 11.6. The molecule has 2 amide bonds. The SMILES string of the molecule is CC(=O)Nc1ccc(NC(=O)[C@@H]2Cc3ccc(Cl)cc3C(=O)O2)cc1. The zero-order valence-corrected chi connectivity index (χ0v) is 14.1. The maximum Gasteiger partial charge on any atom is 0.339 e. The van der Waals surface area contributed by atoms with Gasteiger partial charge in [0.15, 0.2) is 6.10 Å². The van der Waals surface area contributed by atoms with E-state index in [0.717, 1.165) is 5.56 Å². The fraction of sp³-hybridized carbons (Fsp3) is 0.167. The van der Waals surface area contributed by atoms with Crippen LogP contribution in [-0.2, 0) is 20.7 Å². The molecule has 7 heteroatoms. The molecule has 0 aromatic heterocycles. The third-order valence-corrected chi connectivity index (χ3v) is 3.95. The maximum absolute atomic E-state index is 12.4. The first kappa shape index (κ1) is 17.0. The van der Waals surface area contributed by atoms with Crippen molar-refractivity contribution in [2.45, 2.75) is 19.4 Å². The fourth-order valence-electron chi connectivity index (χ4n) is 2.56. The molecule has 128 valence electrons. The van der Waals surface area contributed by atoms with Crippen LogP contribution in [0.3, 0.4) is 0 Å². The number of cyclic esters (lactones) is 1. The summed E-state index contributed by atoms with van der Waals surface area (Å²) < 4.78 is 5.21. The lowest BCUT2D eigenvalue weighted by Crippen LogP contribution is -2.38. The minimum absolute atomic E-state index is 0.176. The number of anilines is 2. The molecule has 0 fully saturated rings. The molecule has 6 nitrogen and oxygen atoms in total. The average Bonchev–Trinajstić information content (AvgIpc) is 2.56. The van der Waals surface area contributed by atoms with Gasteiger partial charge in [0.05, 0.1) is 5.56 Å². The zero-order chi connectivity index (χ0) is 18.0. The number of amides is 2. The van der Waals surface area contributed by atoms with Crippen LogP contribution in [0.15, 0.2) is 42.5 Å². The van der Waals surface area contributed by atoms with E-state index in [2.05, 4.69) is 10.6 Å². The molecule has 0 bridgehead atoms. The van der Waals surface area contributed by atoms with Gasteiger partial charge in [0.2, 0.25) is 5.91 Å². The Labute approximate surface area is 149 Å². The predicted octanol–water partition coefficient (Wildman–Crippen LogP) is 3.02. The second kappa shape index (κ2) is 6.94. The van der Waals surface area contributed by atoms with Crippen molar-refractivity contribution < 1.29 is 19.1 Å². The lowest BCUT2D eigenvalue weighted by atomic mass is 9.98. The van der Waals surface area contributed by atoms with Crippen molar-refractivity contribution in [2.75, 3.05) is 10.6 Å². The quantitative estimate of drug-likeness (QED) is 0.826. The van der Waals surface area contributed by atoms with Crippen LogP contribution < -0.4 is 10.6 Å². The Hall–Kier alpha value is -2.86. The number of carbonyl (C=O) groups excluding carboxylic acids is 3. The lowest BCUT2D eigenvalue weighted by molar-refractivity contribution is -0.125. The van der Waals surface area contributed by atoms with E-state index >= 15 is 0 Å². The Bertz CT molecular complexity index is 849. The van der Waals surface area contributed by atoms with Gasteiger partial charge in [-0.1, -0.05) is 17.7 Å². The topological polar surface area (TPSA) is 84.5 Å². The van der Waals surface area contributed by atoms with Gasteiger partial charge in [-0.05, 0) is 42.0 Å². The van der Waals surface area contributed by atoms with E-state index in [1.165, 1.54) is 13.0 Å². The summed E-state index contributed by atoms with van der Waals surface area (Å²) >= 11 is 5.88. The molecule has 1 aliphatic rings. The van der Waals surface area contributed by atoms with Crippen LogP contribution in [-0.4, -0.2) is 23.9 Å². The summed E-state index contributed by atoms with van der Waals surface area (Å²) in [5, 5.41) is 5.78. The number of esters is 1. The summed E-state index contributed by atoms with van der Waals surface area (Å²) in [5.74, 6) is -1.16. The summed E-state index contributed by atoms with van der Waals surface area (Å²) in [6.45, 7) is 1.41. The lowest BCUT2D eigenvalue weighted by Gasteiger charge is -2.24. The van der Waals surface area contributed by atoms with Gasteiger partial charge in [-0.2, -0.15) is 0 Å². The largest absolute Gasteiger partial charge is 0.448 e. The molecule has 0 saturated carbocycles. The molecular weight excluding hydrogens is 344 g/mol. The van der Waals surface area contributed by atoms with Crippen LogP contribution in [0.2, 0.25) is 5.02 Å². The van der Waals surface area contributed by atoms with E-state index < -0.39 is 18.0 Å². The molecule has 25 heavy (non-hydrogen) atoms. The Balaban J connectivity index is 1.69. The van der Waals surface area contributed by atoms with Crippen molar-refractivity contribution in [3.63, 3.8) is 0 Å². The molecular formula is C18H15ClN2O4. The van der Waals surface area contributed by atoms with Gasteiger partial charge >= 0.3 is 5.97 Å². The molecule has 2 aromatic rings. The molecule has 3 rings (SSSR count). The minimum Gasteiger partial charge on any atom is -0.448 e. The number of nitrogens with one attached hydrogen (secondary N) is 2. The van der Waals surface area contributed by atoms with Crippen molar-refractivity contribution in [1.29, 1.82) is 0 Å². The molecule has 0 unspecified atom stereocenters. The number of fused-ring (bicyclic) bond motifs is 1. The first-order valence-electron chi connectivity index (χ1n) is 7.60. The van der Waals surface area contributed by atoms with Crippen LogP contribution in [0.25, 0.3) is 0 Å². The van der Waals surface area contributed by atoms with E-state index in [0.29, 0.717) is 22.0 Å². The van der Waals surface area contributed by atoms with Crippen molar-refractivity contribution in [3.8, 4) is 0 Å². The Morgan fingerprint density at radius 3 is 2.36 bits per heavy atom. The monoisotopic (exact) mass is 358 g/mol. The van der Waals surface area contributed by atoms with Crippen molar-refractivity contribution in [2.24, 2.45) is 0 Å². The summed E-state index contributed by atoms with van der Waals surface area (Å²) in [6.07, 6.45) is -0.621. The highest BCUT2D eigenvalue weighted by atomic mass is 35.5. The molecule has 2 aromatic carbocycles. The Kier molecular flexibility index (Phi) is 4.72. The first-order valence-corrected chi connectivity index (χ1v) is 7.98. The number of benzene rings is 2. The number of rotatable bonds is 3. The molecule has 1 aliphatic heterocycles. The zero-order valence-electron chi connectivity index (χ0n) is 13.3. The smallest absolute Gasteiger partial charge is 0.339 e. The Morgan fingerprint density at radius 2 is 1.72 bits per heavy atom. The van der Waals surface area contributed by atoms with Gasteiger partial charge in [-0.3, -0.25) is 9.59 Å². The molecule has 1 heterocycles. The molecule has 0 spiro atoms.